The molecule has 11 nitrogen and oxygen atoms in total. The molecule has 1 heterocycles. The van der Waals surface area contributed by atoms with Crippen LogP contribution in [0.1, 0.15) is 12.5 Å². The molecule has 1 aromatic carbocycles. The molecule has 0 aliphatic rings. The minimum absolute atomic E-state index is 0.0568. The zero-order valence-electron chi connectivity index (χ0n) is 15.9. The number of ether oxygens (including phenoxy) is 1. The number of nitriles is 1. The summed E-state index contributed by atoms with van der Waals surface area (Å²) in [7, 11) is -6.04. The third kappa shape index (κ3) is 5.99. The van der Waals surface area contributed by atoms with Gasteiger partial charge in [0.25, 0.3) is 5.91 Å². The third-order valence-corrected chi connectivity index (χ3v) is 6.88. The molecule has 1 N–H and O–H groups in total. The molecule has 30 heavy (non-hydrogen) atoms. The fourth-order valence-corrected chi connectivity index (χ4v) is 4.44. The maximum Gasteiger partial charge on any atom is 0.306 e. The zero-order chi connectivity index (χ0) is 22.5. The highest BCUT2D eigenvalue weighted by Gasteiger charge is 2.20. The van der Waals surface area contributed by atoms with Gasteiger partial charge in [-0.1, -0.05) is 24.3 Å². The standard InChI is InChI=1S/C16H16N4O7S3/c1-4-30(24,25)16-20-19-15(28-16)18-14(21)11(9-17)7-10-5-6-12(13(8-10)26-2)27-29(3,22)23/h5-8H,4H2,1-3H3,(H,18,19,21)/b11-7-. The first-order chi connectivity index (χ1) is 14.0. The van der Waals surface area contributed by atoms with Crippen molar-refractivity contribution < 1.29 is 30.6 Å². The van der Waals surface area contributed by atoms with Crippen LogP contribution in [0, 0.1) is 11.3 Å². The Morgan fingerprint density at radius 2 is 1.97 bits per heavy atom. The zero-order valence-corrected chi connectivity index (χ0v) is 18.4. The molecule has 0 saturated carbocycles. The van der Waals surface area contributed by atoms with Gasteiger partial charge >= 0.3 is 10.1 Å². The Hall–Kier alpha value is -3.02. The minimum Gasteiger partial charge on any atom is -0.493 e. The molecule has 0 unspecified atom stereocenters. The van der Waals surface area contributed by atoms with Crippen LogP contribution in [0.2, 0.25) is 0 Å². The van der Waals surface area contributed by atoms with E-state index in [0.717, 1.165) is 6.26 Å². The Morgan fingerprint density at radius 1 is 1.27 bits per heavy atom. The van der Waals surface area contributed by atoms with Crippen LogP contribution in [0.4, 0.5) is 5.13 Å². The monoisotopic (exact) mass is 472 g/mol. The Bertz CT molecular complexity index is 1240. The normalized spacial score (nSPS) is 12.1. The molecule has 14 heteroatoms. The number of carbonyl (C=O) groups excluding carboxylic acids is 1. The molecule has 0 bridgehead atoms. The number of nitrogens with zero attached hydrogens (tertiary/aromatic N) is 3. The fraction of sp³-hybridized carbons (Fsp3) is 0.250. The van der Waals surface area contributed by atoms with Crippen molar-refractivity contribution in [3.63, 3.8) is 0 Å². The van der Waals surface area contributed by atoms with E-state index in [1.807, 2.05) is 0 Å². The van der Waals surface area contributed by atoms with Crippen LogP contribution in [0.3, 0.4) is 0 Å². The summed E-state index contributed by atoms with van der Waals surface area (Å²) in [6, 6.07) is 5.84. The van der Waals surface area contributed by atoms with E-state index >= 15 is 0 Å². The lowest BCUT2D eigenvalue weighted by molar-refractivity contribution is -0.112. The first kappa shape index (κ1) is 23.3. The van der Waals surface area contributed by atoms with E-state index in [1.165, 1.54) is 38.3 Å². The summed E-state index contributed by atoms with van der Waals surface area (Å²) in [6.45, 7) is 1.45. The number of benzene rings is 1. The van der Waals surface area contributed by atoms with Gasteiger partial charge in [0.15, 0.2) is 11.5 Å². The van der Waals surface area contributed by atoms with Crippen LogP contribution in [-0.2, 0) is 24.7 Å². The number of amides is 1. The molecular formula is C16H16N4O7S3. The Balaban J connectivity index is 2.27. The van der Waals surface area contributed by atoms with Crippen molar-refractivity contribution in [2.75, 3.05) is 24.4 Å². The molecule has 0 aliphatic carbocycles. The number of aromatic nitrogens is 2. The SMILES string of the molecule is CCS(=O)(=O)c1nnc(NC(=O)/C(C#N)=C\c2ccc(OS(C)(=O)=O)c(OC)c2)s1. The average molecular weight is 473 g/mol. The number of sulfone groups is 1. The van der Waals surface area contributed by atoms with Gasteiger partial charge in [0.05, 0.1) is 19.1 Å². The van der Waals surface area contributed by atoms with Gasteiger partial charge in [-0.05, 0) is 23.8 Å². The van der Waals surface area contributed by atoms with Crippen LogP contribution in [0.25, 0.3) is 6.08 Å². The maximum absolute atomic E-state index is 12.3. The van der Waals surface area contributed by atoms with Crippen LogP contribution in [-0.4, -0.2) is 52.1 Å². The highest BCUT2D eigenvalue weighted by molar-refractivity contribution is 7.93. The lowest BCUT2D eigenvalue weighted by atomic mass is 10.1. The van der Waals surface area contributed by atoms with Crippen molar-refractivity contribution in [2.45, 2.75) is 11.3 Å². The molecule has 1 amide bonds. The smallest absolute Gasteiger partial charge is 0.306 e. The fourth-order valence-electron chi connectivity index (χ4n) is 2.00. The van der Waals surface area contributed by atoms with Crippen molar-refractivity contribution in [3.05, 3.63) is 29.3 Å². The van der Waals surface area contributed by atoms with E-state index in [2.05, 4.69) is 15.5 Å². The first-order valence-electron chi connectivity index (χ1n) is 8.06. The van der Waals surface area contributed by atoms with Gasteiger partial charge < -0.3 is 8.92 Å². The number of nitrogens with one attached hydrogen (secondary N) is 1. The Labute approximate surface area is 177 Å². The summed E-state index contributed by atoms with van der Waals surface area (Å²) in [4.78, 5) is 12.3. The molecule has 0 saturated heterocycles. The topological polar surface area (TPSA) is 165 Å². The predicted octanol–water partition coefficient (Wildman–Crippen LogP) is 1.22. The van der Waals surface area contributed by atoms with E-state index in [9.17, 15) is 26.9 Å². The van der Waals surface area contributed by atoms with Gasteiger partial charge in [0.1, 0.15) is 11.6 Å². The van der Waals surface area contributed by atoms with Gasteiger partial charge in [0.2, 0.25) is 19.3 Å². The third-order valence-electron chi connectivity index (χ3n) is 3.38. The number of methoxy groups -OCH3 is 1. The molecule has 1 aromatic heterocycles. The number of anilines is 1. The molecule has 2 rings (SSSR count). The molecule has 160 valence electrons. The summed E-state index contributed by atoms with van der Waals surface area (Å²) >= 11 is 0.668. The second kappa shape index (κ2) is 9.20. The van der Waals surface area contributed by atoms with Crippen LogP contribution in [0.15, 0.2) is 28.1 Å². The van der Waals surface area contributed by atoms with E-state index in [0.29, 0.717) is 16.9 Å². The maximum atomic E-state index is 12.3. The average Bonchev–Trinajstić information content (AvgIpc) is 3.15. The van der Waals surface area contributed by atoms with Crippen molar-refractivity contribution in [1.82, 2.24) is 10.2 Å². The van der Waals surface area contributed by atoms with Gasteiger partial charge in [-0.25, -0.2) is 8.42 Å². The van der Waals surface area contributed by atoms with Crippen LogP contribution in [0.5, 0.6) is 11.5 Å². The van der Waals surface area contributed by atoms with Crippen LogP contribution >= 0.6 is 11.3 Å². The first-order valence-corrected chi connectivity index (χ1v) is 12.3. The highest BCUT2D eigenvalue weighted by atomic mass is 32.2. The quantitative estimate of drug-likeness (QED) is 0.255. The molecule has 0 atom stereocenters. The summed E-state index contributed by atoms with van der Waals surface area (Å²) in [5.74, 6) is -0.978. The minimum atomic E-state index is -3.78. The van der Waals surface area contributed by atoms with Gasteiger partial charge in [-0.2, -0.15) is 13.7 Å². The van der Waals surface area contributed by atoms with E-state index < -0.39 is 25.9 Å². The van der Waals surface area contributed by atoms with E-state index in [-0.39, 0.29) is 32.3 Å². The van der Waals surface area contributed by atoms with Crippen molar-refractivity contribution >= 4 is 48.4 Å². The lowest BCUT2D eigenvalue weighted by Crippen LogP contribution is -2.13. The number of hydrogen-bond acceptors (Lipinski definition) is 11. The molecule has 0 aliphatic heterocycles. The Kier molecular flexibility index (Phi) is 7.13. The number of rotatable bonds is 8. The largest absolute Gasteiger partial charge is 0.493 e. The molecule has 0 spiro atoms. The van der Waals surface area contributed by atoms with E-state index in [4.69, 9.17) is 8.92 Å². The molecule has 0 radical (unpaired) electrons. The van der Waals surface area contributed by atoms with E-state index in [1.54, 1.807) is 6.07 Å². The van der Waals surface area contributed by atoms with Crippen molar-refractivity contribution in [2.24, 2.45) is 0 Å². The van der Waals surface area contributed by atoms with Crippen LogP contribution < -0.4 is 14.2 Å². The lowest BCUT2D eigenvalue weighted by Gasteiger charge is -2.09. The van der Waals surface area contributed by atoms with Gasteiger partial charge in [-0.15, -0.1) is 10.2 Å². The predicted molar refractivity (Wildman–Crippen MR) is 108 cm³/mol. The van der Waals surface area contributed by atoms with Crippen molar-refractivity contribution in [1.29, 1.82) is 5.26 Å². The van der Waals surface area contributed by atoms with Crippen molar-refractivity contribution in [3.8, 4) is 17.6 Å². The second-order valence-corrected chi connectivity index (χ2v) is 10.6. The Morgan fingerprint density at radius 3 is 2.53 bits per heavy atom. The molecular weight excluding hydrogens is 456 g/mol. The van der Waals surface area contributed by atoms with Gasteiger partial charge in [-0.3, -0.25) is 10.1 Å². The summed E-state index contributed by atoms with van der Waals surface area (Å²) in [6.07, 6.45) is 2.11. The summed E-state index contributed by atoms with van der Waals surface area (Å²) in [5.41, 5.74) is 0.0369. The van der Waals surface area contributed by atoms with Gasteiger partial charge in [0, 0.05) is 0 Å². The molecule has 2 aromatic rings. The highest BCUT2D eigenvalue weighted by Crippen LogP contribution is 2.30. The number of carbonyl (C=O) groups is 1. The summed E-state index contributed by atoms with van der Waals surface area (Å²) in [5, 5.41) is 18.7. The summed E-state index contributed by atoms with van der Waals surface area (Å²) < 4.78 is 55.8. The number of hydrogen-bond donors (Lipinski definition) is 1. The second-order valence-electron chi connectivity index (χ2n) is 5.60. The molecule has 0 fully saturated rings.